The Morgan fingerprint density at radius 1 is 1.13 bits per heavy atom. The highest BCUT2D eigenvalue weighted by Gasteiger charge is 2.45. The van der Waals surface area contributed by atoms with Crippen LogP contribution in [0, 0.1) is 0 Å². The second kappa shape index (κ2) is 12.0. The van der Waals surface area contributed by atoms with Gasteiger partial charge in [-0.1, -0.05) is 12.1 Å². The standard InChI is InChI=1S/C29H32N2O6S2/c1-30(14-2-3-15-31-23-13-8-20(19-32)18-24(23)37-28(31)34)21-9-11-22(12-10-21)36-27(33)29(35,25-6-4-16-38-25)26-7-5-17-39-26/h4-8,13,16-19,21-22,35H,2-3,9-12,14-15H2,1H3. The van der Waals surface area contributed by atoms with E-state index >= 15 is 0 Å². The number of benzene rings is 1. The van der Waals surface area contributed by atoms with Crippen LogP contribution >= 0.6 is 22.7 Å². The number of fused-ring (bicyclic) bond motifs is 1. The monoisotopic (exact) mass is 568 g/mol. The third kappa shape index (κ3) is 5.79. The van der Waals surface area contributed by atoms with Gasteiger partial charge in [-0.15, -0.1) is 22.7 Å². The molecule has 0 atom stereocenters. The van der Waals surface area contributed by atoms with Gasteiger partial charge in [0.05, 0.1) is 15.3 Å². The number of aryl methyl sites for hydroxylation is 1. The van der Waals surface area contributed by atoms with E-state index in [2.05, 4.69) is 11.9 Å². The molecular formula is C29H32N2O6S2. The van der Waals surface area contributed by atoms with Gasteiger partial charge in [-0.2, -0.15) is 0 Å². The largest absolute Gasteiger partial charge is 0.460 e. The average Bonchev–Trinajstić information content (AvgIpc) is 3.73. The summed E-state index contributed by atoms with van der Waals surface area (Å²) >= 11 is 2.69. The van der Waals surface area contributed by atoms with E-state index in [1.165, 1.54) is 22.7 Å². The molecule has 8 nitrogen and oxygen atoms in total. The third-order valence-corrected chi connectivity index (χ3v) is 9.52. The van der Waals surface area contributed by atoms with Gasteiger partial charge in [-0.05, 0) is 93.2 Å². The van der Waals surface area contributed by atoms with Crippen molar-refractivity contribution in [2.75, 3.05) is 13.6 Å². The van der Waals surface area contributed by atoms with Crippen molar-refractivity contribution in [3.63, 3.8) is 0 Å². The predicted molar refractivity (Wildman–Crippen MR) is 151 cm³/mol. The van der Waals surface area contributed by atoms with Crippen LogP contribution in [0.3, 0.4) is 0 Å². The van der Waals surface area contributed by atoms with Gasteiger partial charge in [0.2, 0.25) is 5.60 Å². The van der Waals surface area contributed by atoms with E-state index in [4.69, 9.17) is 9.15 Å². The molecular weight excluding hydrogens is 536 g/mol. The predicted octanol–water partition coefficient (Wildman–Crippen LogP) is 5.03. The lowest BCUT2D eigenvalue weighted by molar-refractivity contribution is -0.169. The summed E-state index contributed by atoms with van der Waals surface area (Å²) in [4.78, 5) is 40.0. The SMILES string of the molecule is CN(CCCCn1c(=O)oc2cc(C=O)ccc21)C1CCC(OC(=O)C(O)(c2cccs2)c2cccs2)CC1. The minimum Gasteiger partial charge on any atom is -0.460 e. The summed E-state index contributed by atoms with van der Waals surface area (Å²) < 4.78 is 12.8. The van der Waals surface area contributed by atoms with Crippen molar-refractivity contribution in [3.8, 4) is 0 Å². The molecule has 3 aromatic heterocycles. The van der Waals surface area contributed by atoms with E-state index in [9.17, 15) is 19.5 Å². The summed E-state index contributed by atoms with van der Waals surface area (Å²) in [5, 5.41) is 15.2. The fraction of sp³-hybridized carbons (Fsp3) is 0.414. The first-order valence-electron chi connectivity index (χ1n) is 13.2. The molecule has 1 N–H and O–H groups in total. The smallest absolute Gasteiger partial charge is 0.419 e. The number of carbonyl (C=O) groups excluding carboxylic acids is 2. The highest BCUT2D eigenvalue weighted by molar-refractivity contribution is 7.12. The molecule has 39 heavy (non-hydrogen) atoms. The van der Waals surface area contributed by atoms with Crippen molar-refractivity contribution in [2.45, 2.75) is 62.8 Å². The summed E-state index contributed by atoms with van der Waals surface area (Å²) in [7, 11) is 2.11. The van der Waals surface area contributed by atoms with Gasteiger partial charge < -0.3 is 19.2 Å². The second-order valence-corrected chi connectivity index (χ2v) is 11.9. The van der Waals surface area contributed by atoms with Crippen molar-refractivity contribution in [3.05, 3.63) is 79.1 Å². The van der Waals surface area contributed by atoms with Gasteiger partial charge >= 0.3 is 11.7 Å². The van der Waals surface area contributed by atoms with Crippen molar-refractivity contribution in [1.82, 2.24) is 9.47 Å². The van der Waals surface area contributed by atoms with Crippen molar-refractivity contribution >= 4 is 46.0 Å². The summed E-state index contributed by atoms with van der Waals surface area (Å²) in [6, 6.07) is 12.6. The van der Waals surface area contributed by atoms with Gasteiger partial charge in [0, 0.05) is 18.2 Å². The van der Waals surface area contributed by atoms with Gasteiger partial charge in [0.1, 0.15) is 12.4 Å². The molecule has 206 valence electrons. The number of nitrogens with zero attached hydrogens (tertiary/aromatic N) is 2. The van der Waals surface area contributed by atoms with Crippen LogP contribution in [0.1, 0.15) is 58.6 Å². The van der Waals surface area contributed by atoms with E-state index in [0.717, 1.165) is 51.4 Å². The van der Waals surface area contributed by atoms with Crippen LogP contribution in [0.2, 0.25) is 0 Å². The molecule has 5 rings (SSSR count). The molecule has 0 bridgehead atoms. The van der Waals surface area contributed by atoms with Crippen LogP contribution in [0.5, 0.6) is 0 Å². The second-order valence-electron chi connectivity index (χ2n) is 10.1. The number of unbranched alkanes of at least 4 members (excludes halogenated alkanes) is 1. The van der Waals surface area contributed by atoms with E-state index in [-0.39, 0.29) is 6.10 Å². The van der Waals surface area contributed by atoms with Crippen LogP contribution in [0.15, 0.2) is 62.4 Å². The Morgan fingerprint density at radius 2 is 1.82 bits per heavy atom. The van der Waals surface area contributed by atoms with Crippen LogP contribution in [0.4, 0.5) is 0 Å². The number of esters is 1. The number of rotatable bonds is 11. The van der Waals surface area contributed by atoms with E-state index in [0.29, 0.717) is 39.0 Å². The lowest BCUT2D eigenvalue weighted by Crippen LogP contribution is -2.42. The normalized spacial score (nSPS) is 18.0. The fourth-order valence-electron chi connectivity index (χ4n) is 5.31. The number of carbonyl (C=O) groups is 2. The van der Waals surface area contributed by atoms with Crippen LogP contribution < -0.4 is 5.76 Å². The van der Waals surface area contributed by atoms with E-state index < -0.39 is 17.3 Å². The Balaban J connectivity index is 1.09. The summed E-state index contributed by atoms with van der Waals surface area (Å²) in [5.74, 6) is -1.01. The van der Waals surface area contributed by atoms with Gasteiger partial charge in [-0.25, -0.2) is 9.59 Å². The lowest BCUT2D eigenvalue weighted by atomic mass is 9.91. The number of hydrogen-bond acceptors (Lipinski definition) is 9. The molecule has 0 spiro atoms. The summed E-state index contributed by atoms with van der Waals surface area (Å²) in [5.41, 5.74) is -0.148. The lowest BCUT2D eigenvalue weighted by Gasteiger charge is -2.35. The minimum atomic E-state index is -1.77. The van der Waals surface area contributed by atoms with Crippen LogP contribution in [-0.2, 0) is 21.7 Å². The number of thiophene rings is 2. The average molecular weight is 569 g/mol. The molecule has 0 amide bonds. The van der Waals surface area contributed by atoms with Crippen LogP contribution in [-0.4, -0.2) is 52.6 Å². The number of aldehydes is 1. The zero-order valence-corrected chi connectivity index (χ0v) is 23.4. The molecule has 0 aliphatic heterocycles. The Hall–Kier alpha value is -3.05. The van der Waals surface area contributed by atoms with Crippen LogP contribution in [0.25, 0.3) is 11.1 Å². The van der Waals surface area contributed by atoms with E-state index in [1.807, 2.05) is 22.9 Å². The summed E-state index contributed by atoms with van der Waals surface area (Å²) in [6.07, 6.45) is 5.60. The first-order chi connectivity index (χ1) is 18.9. The molecule has 3 heterocycles. The highest BCUT2D eigenvalue weighted by Crippen LogP contribution is 2.38. The molecule has 1 fully saturated rings. The molecule has 1 aromatic carbocycles. The number of hydrogen-bond donors (Lipinski definition) is 1. The minimum absolute atomic E-state index is 0.213. The van der Waals surface area contributed by atoms with Crippen molar-refractivity contribution in [2.24, 2.45) is 0 Å². The summed E-state index contributed by atoms with van der Waals surface area (Å²) in [6.45, 7) is 1.45. The maximum Gasteiger partial charge on any atom is 0.419 e. The third-order valence-electron chi connectivity index (χ3n) is 7.56. The maximum absolute atomic E-state index is 13.2. The Labute approximate surface area is 234 Å². The molecule has 0 radical (unpaired) electrons. The number of ether oxygens (including phenoxy) is 1. The first kappa shape index (κ1) is 27.5. The maximum atomic E-state index is 13.2. The molecule has 10 heteroatoms. The fourth-order valence-corrected chi connectivity index (χ4v) is 7.03. The van der Waals surface area contributed by atoms with Crippen molar-refractivity contribution in [1.29, 1.82) is 0 Å². The highest BCUT2D eigenvalue weighted by atomic mass is 32.1. The van der Waals surface area contributed by atoms with Crippen molar-refractivity contribution < 1.29 is 23.8 Å². The van der Waals surface area contributed by atoms with Gasteiger partial charge in [0.15, 0.2) is 5.58 Å². The number of aromatic nitrogens is 1. The molecule has 1 aliphatic rings. The number of aliphatic hydroxyl groups is 1. The Kier molecular flexibility index (Phi) is 8.46. The number of oxazole rings is 1. The van der Waals surface area contributed by atoms with E-state index in [1.54, 1.807) is 34.9 Å². The zero-order valence-electron chi connectivity index (χ0n) is 21.8. The molecule has 0 unspecified atom stereocenters. The topological polar surface area (TPSA) is 102 Å². The molecule has 0 saturated heterocycles. The molecule has 1 saturated carbocycles. The Morgan fingerprint density at radius 3 is 2.44 bits per heavy atom. The quantitative estimate of drug-likeness (QED) is 0.154. The molecule has 4 aromatic rings. The molecule has 1 aliphatic carbocycles. The van der Waals surface area contributed by atoms with Gasteiger partial charge in [-0.3, -0.25) is 9.36 Å². The Bertz CT molecular complexity index is 1410. The zero-order chi connectivity index (χ0) is 27.4. The first-order valence-corrected chi connectivity index (χ1v) is 15.0. The van der Waals surface area contributed by atoms with Gasteiger partial charge in [0.25, 0.3) is 0 Å².